The summed E-state index contributed by atoms with van der Waals surface area (Å²) in [5.74, 6) is 0.804. The third-order valence-corrected chi connectivity index (χ3v) is 4.24. The molecule has 1 saturated carbocycles. The van der Waals surface area contributed by atoms with Crippen molar-refractivity contribution in [2.45, 2.75) is 64.4 Å². The van der Waals surface area contributed by atoms with Gasteiger partial charge in [-0.15, -0.1) is 0 Å². The first kappa shape index (κ1) is 16.1. The summed E-state index contributed by atoms with van der Waals surface area (Å²) < 4.78 is 11.3. The highest BCUT2D eigenvalue weighted by Gasteiger charge is 2.30. The molecule has 126 valence electrons. The van der Waals surface area contributed by atoms with Gasteiger partial charge >= 0.3 is 6.09 Å². The molecule has 5 nitrogen and oxygen atoms in total. The second kappa shape index (κ2) is 6.04. The summed E-state index contributed by atoms with van der Waals surface area (Å²) in [7, 11) is 0. The molecule has 1 amide bonds. The second-order valence-electron chi connectivity index (χ2n) is 7.41. The SMILES string of the molecule is CC(C)(C)OC(=O)N1Cc2ccc(OC3CCC3)cc2C(O)C1. The van der Waals surface area contributed by atoms with Gasteiger partial charge in [-0.1, -0.05) is 6.07 Å². The molecule has 1 heterocycles. The van der Waals surface area contributed by atoms with Crippen LogP contribution in [0.4, 0.5) is 4.79 Å². The fraction of sp³-hybridized carbons (Fsp3) is 0.611. The Morgan fingerprint density at radius 2 is 2.04 bits per heavy atom. The number of amides is 1. The van der Waals surface area contributed by atoms with Crippen LogP contribution in [0.25, 0.3) is 0 Å². The van der Waals surface area contributed by atoms with Crippen LogP contribution < -0.4 is 4.74 Å². The summed E-state index contributed by atoms with van der Waals surface area (Å²) in [5, 5.41) is 10.4. The van der Waals surface area contributed by atoms with Gasteiger partial charge in [-0.2, -0.15) is 0 Å². The van der Waals surface area contributed by atoms with Crippen LogP contribution in [0, 0.1) is 0 Å². The molecule has 1 aromatic carbocycles. The van der Waals surface area contributed by atoms with E-state index in [2.05, 4.69) is 0 Å². The van der Waals surface area contributed by atoms with E-state index in [1.165, 1.54) is 6.42 Å². The van der Waals surface area contributed by atoms with Crippen LogP contribution in [0.3, 0.4) is 0 Å². The minimum Gasteiger partial charge on any atom is -0.490 e. The molecule has 1 fully saturated rings. The molecular weight excluding hydrogens is 294 g/mol. The topological polar surface area (TPSA) is 59.0 Å². The molecule has 0 spiro atoms. The molecule has 1 aromatic rings. The minimum absolute atomic E-state index is 0.245. The number of ether oxygens (including phenoxy) is 2. The number of β-amino-alcohol motifs (C(OH)–C–C–N with tert-alkyl or cyclic N) is 1. The fourth-order valence-electron chi connectivity index (χ4n) is 2.82. The molecule has 0 aromatic heterocycles. The van der Waals surface area contributed by atoms with E-state index in [9.17, 15) is 9.90 Å². The molecule has 2 aliphatic rings. The van der Waals surface area contributed by atoms with Crippen molar-refractivity contribution in [2.75, 3.05) is 6.54 Å². The standard InChI is InChI=1S/C18H25NO4/c1-18(2,3)23-17(21)19-10-12-7-8-14(22-13-5-4-6-13)9-15(12)16(20)11-19/h7-9,13,16,20H,4-6,10-11H2,1-3H3. The van der Waals surface area contributed by atoms with Crippen molar-refractivity contribution >= 4 is 6.09 Å². The van der Waals surface area contributed by atoms with Crippen LogP contribution in [-0.2, 0) is 11.3 Å². The number of benzene rings is 1. The van der Waals surface area contributed by atoms with Crippen LogP contribution in [0.5, 0.6) is 5.75 Å². The van der Waals surface area contributed by atoms with E-state index < -0.39 is 17.8 Å². The molecule has 1 atom stereocenters. The summed E-state index contributed by atoms with van der Waals surface area (Å²) in [4.78, 5) is 13.7. The Bertz CT molecular complexity index is 589. The summed E-state index contributed by atoms with van der Waals surface area (Å²) in [6.45, 7) is 6.20. The lowest BCUT2D eigenvalue weighted by Crippen LogP contribution is -2.41. The summed E-state index contributed by atoms with van der Waals surface area (Å²) in [5.41, 5.74) is 1.25. The van der Waals surface area contributed by atoms with Crippen molar-refractivity contribution in [3.63, 3.8) is 0 Å². The third kappa shape index (κ3) is 3.78. The largest absolute Gasteiger partial charge is 0.490 e. The predicted octanol–water partition coefficient (Wildman–Crippen LogP) is 3.40. The maximum Gasteiger partial charge on any atom is 0.410 e. The number of nitrogens with zero attached hydrogens (tertiary/aromatic N) is 1. The highest BCUT2D eigenvalue weighted by atomic mass is 16.6. The van der Waals surface area contributed by atoms with E-state index in [-0.39, 0.29) is 6.54 Å². The van der Waals surface area contributed by atoms with Gasteiger partial charge in [-0.05, 0) is 63.3 Å². The van der Waals surface area contributed by atoms with Gasteiger partial charge < -0.3 is 19.5 Å². The van der Waals surface area contributed by atoms with Gasteiger partial charge in [0, 0.05) is 6.54 Å². The number of fused-ring (bicyclic) bond motifs is 1. The average molecular weight is 319 g/mol. The Morgan fingerprint density at radius 3 is 2.65 bits per heavy atom. The van der Waals surface area contributed by atoms with Gasteiger partial charge in [-0.25, -0.2) is 4.79 Å². The molecule has 0 radical (unpaired) electrons. The highest BCUT2D eigenvalue weighted by Crippen LogP contribution is 2.32. The zero-order chi connectivity index (χ0) is 16.6. The van der Waals surface area contributed by atoms with E-state index in [0.29, 0.717) is 12.6 Å². The van der Waals surface area contributed by atoms with Crippen LogP contribution in [0.15, 0.2) is 18.2 Å². The first-order chi connectivity index (χ1) is 10.8. The maximum absolute atomic E-state index is 12.2. The lowest BCUT2D eigenvalue weighted by atomic mass is 9.95. The van der Waals surface area contributed by atoms with E-state index in [1.54, 1.807) is 4.90 Å². The van der Waals surface area contributed by atoms with Crippen LogP contribution in [0.1, 0.15) is 57.3 Å². The number of aliphatic hydroxyl groups excluding tert-OH is 1. The zero-order valence-electron chi connectivity index (χ0n) is 14.0. The zero-order valence-corrected chi connectivity index (χ0v) is 14.0. The number of carbonyl (C=O) groups is 1. The van der Waals surface area contributed by atoms with Crippen molar-refractivity contribution in [3.05, 3.63) is 29.3 Å². The Morgan fingerprint density at radius 1 is 1.30 bits per heavy atom. The summed E-state index contributed by atoms with van der Waals surface area (Å²) in [6, 6.07) is 5.76. The number of aliphatic hydroxyl groups is 1. The average Bonchev–Trinajstić information content (AvgIpc) is 2.41. The minimum atomic E-state index is -0.712. The molecule has 5 heteroatoms. The predicted molar refractivity (Wildman–Crippen MR) is 86.3 cm³/mol. The van der Waals surface area contributed by atoms with Gasteiger partial charge in [0.1, 0.15) is 11.4 Å². The summed E-state index contributed by atoms with van der Waals surface area (Å²) >= 11 is 0. The molecular formula is C18H25NO4. The lowest BCUT2D eigenvalue weighted by molar-refractivity contribution is 0.00820. The van der Waals surface area contributed by atoms with Crippen LogP contribution >= 0.6 is 0 Å². The Hall–Kier alpha value is -1.75. The monoisotopic (exact) mass is 319 g/mol. The molecule has 1 unspecified atom stereocenters. The highest BCUT2D eigenvalue weighted by molar-refractivity contribution is 5.69. The van der Waals surface area contributed by atoms with E-state index in [0.717, 1.165) is 29.7 Å². The van der Waals surface area contributed by atoms with Gasteiger partial charge in [0.2, 0.25) is 0 Å². The molecule has 3 rings (SSSR count). The fourth-order valence-corrected chi connectivity index (χ4v) is 2.82. The first-order valence-electron chi connectivity index (χ1n) is 8.27. The molecule has 1 aliphatic heterocycles. The molecule has 1 aliphatic carbocycles. The van der Waals surface area contributed by atoms with E-state index in [4.69, 9.17) is 9.47 Å². The maximum atomic E-state index is 12.2. The van der Waals surface area contributed by atoms with Crippen molar-refractivity contribution in [3.8, 4) is 5.75 Å². The van der Waals surface area contributed by atoms with Crippen molar-refractivity contribution in [1.29, 1.82) is 0 Å². The molecule has 1 N–H and O–H groups in total. The number of carbonyl (C=O) groups excluding carboxylic acids is 1. The Kier molecular flexibility index (Phi) is 4.23. The third-order valence-electron chi connectivity index (χ3n) is 4.24. The Labute approximate surface area is 137 Å². The number of hydrogen-bond acceptors (Lipinski definition) is 4. The lowest BCUT2D eigenvalue weighted by Gasteiger charge is -2.34. The number of hydrogen-bond donors (Lipinski definition) is 1. The number of rotatable bonds is 2. The summed E-state index contributed by atoms with van der Waals surface area (Å²) in [6.07, 6.45) is 2.64. The van der Waals surface area contributed by atoms with Crippen molar-refractivity contribution < 1.29 is 19.4 Å². The smallest absolute Gasteiger partial charge is 0.410 e. The van der Waals surface area contributed by atoms with Crippen molar-refractivity contribution in [1.82, 2.24) is 4.90 Å². The van der Waals surface area contributed by atoms with Gasteiger partial charge in [0.25, 0.3) is 0 Å². The van der Waals surface area contributed by atoms with Gasteiger partial charge in [0.05, 0.1) is 18.8 Å². The van der Waals surface area contributed by atoms with Crippen LogP contribution in [0.2, 0.25) is 0 Å². The molecule has 23 heavy (non-hydrogen) atoms. The first-order valence-corrected chi connectivity index (χ1v) is 8.27. The molecule has 0 saturated heterocycles. The quantitative estimate of drug-likeness (QED) is 0.907. The van der Waals surface area contributed by atoms with E-state index in [1.807, 2.05) is 39.0 Å². The van der Waals surface area contributed by atoms with Gasteiger partial charge in [-0.3, -0.25) is 0 Å². The second-order valence-corrected chi connectivity index (χ2v) is 7.41. The normalized spacial score (nSPS) is 21.4. The van der Waals surface area contributed by atoms with Crippen molar-refractivity contribution in [2.24, 2.45) is 0 Å². The molecule has 0 bridgehead atoms. The Balaban J connectivity index is 1.71. The van der Waals surface area contributed by atoms with Crippen LogP contribution in [-0.4, -0.2) is 34.3 Å². The van der Waals surface area contributed by atoms with E-state index >= 15 is 0 Å². The van der Waals surface area contributed by atoms with Gasteiger partial charge in [0.15, 0.2) is 0 Å².